The van der Waals surface area contributed by atoms with Crippen molar-refractivity contribution in [2.45, 2.75) is 45.1 Å². The van der Waals surface area contributed by atoms with Crippen LogP contribution in [0.5, 0.6) is 0 Å². The van der Waals surface area contributed by atoms with Gasteiger partial charge in [-0.05, 0) is 6.42 Å². The Hall–Kier alpha value is -0.550. The molecule has 0 saturated carbocycles. The molecule has 2 N–H and O–H groups in total. The summed E-state index contributed by atoms with van der Waals surface area (Å²) in [6.45, 7) is 2.16. The van der Waals surface area contributed by atoms with Gasteiger partial charge in [0.2, 0.25) is 0 Å². The monoisotopic (exact) mass is 140 g/mol. The van der Waals surface area contributed by atoms with Crippen LogP contribution in [0, 0.1) is 11.3 Å². The summed E-state index contributed by atoms with van der Waals surface area (Å²) in [5, 5.41) is 8.26. The van der Waals surface area contributed by atoms with E-state index in [1.165, 1.54) is 19.3 Å². The van der Waals surface area contributed by atoms with Crippen molar-refractivity contribution in [1.82, 2.24) is 0 Å². The topological polar surface area (TPSA) is 49.8 Å². The standard InChI is InChI=1S/C8H16N2/c1-2-3-4-5-8(10)6-7-9/h8H,2-6,10H2,1H3/t8-/m1/s1. The van der Waals surface area contributed by atoms with Crippen molar-refractivity contribution in [3.05, 3.63) is 0 Å². The second kappa shape index (κ2) is 6.57. The second-order valence-electron chi connectivity index (χ2n) is 2.62. The van der Waals surface area contributed by atoms with Gasteiger partial charge in [0.15, 0.2) is 0 Å². The van der Waals surface area contributed by atoms with Crippen LogP contribution in [0.4, 0.5) is 0 Å². The highest BCUT2D eigenvalue weighted by Gasteiger charge is 1.99. The molecule has 0 aromatic heterocycles. The molecule has 2 nitrogen and oxygen atoms in total. The van der Waals surface area contributed by atoms with Crippen LogP contribution in [0.3, 0.4) is 0 Å². The quantitative estimate of drug-likeness (QED) is 0.592. The normalized spacial score (nSPS) is 12.5. The van der Waals surface area contributed by atoms with Crippen LogP contribution in [0.2, 0.25) is 0 Å². The first-order valence-electron chi connectivity index (χ1n) is 3.93. The van der Waals surface area contributed by atoms with Gasteiger partial charge in [-0.15, -0.1) is 0 Å². The van der Waals surface area contributed by atoms with Crippen LogP contribution >= 0.6 is 0 Å². The number of rotatable bonds is 5. The fourth-order valence-electron chi connectivity index (χ4n) is 0.876. The maximum Gasteiger partial charge on any atom is 0.0638 e. The minimum atomic E-state index is 0.108. The Bertz CT molecular complexity index is 104. The maximum atomic E-state index is 8.26. The largest absolute Gasteiger partial charge is 0.327 e. The molecule has 0 bridgehead atoms. The molecule has 10 heavy (non-hydrogen) atoms. The van der Waals surface area contributed by atoms with E-state index in [0.717, 1.165) is 6.42 Å². The Morgan fingerprint density at radius 2 is 2.20 bits per heavy atom. The van der Waals surface area contributed by atoms with Crippen molar-refractivity contribution in [3.63, 3.8) is 0 Å². The molecule has 0 aliphatic heterocycles. The minimum absolute atomic E-state index is 0.108. The van der Waals surface area contributed by atoms with E-state index >= 15 is 0 Å². The fraction of sp³-hybridized carbons (Fsp3) is 0.875. The molecule has 0 aromatic carbocycles. The molecule has 0 fully saturated rings. The summed E-state index contributed by atoms with van der Waals surface area (Å²) in [5.41, 5.74) is 5.60. The molecular formula is C8H16N2. The average Bonchev–Trinajstić information content (AvgIpc) is 1.89. The number of nitrogens with zero attached hydrogens (tertiary/aromatic N) is 1. The Morgan fingerprint density at radius 3 is 2.70 bits per heavy atom. The van der Waals surface area contributed by atoms with Crippen LogP contribution in [0.15, 0.2) is 0 Å². The molecular weight excluding hydrogens is 124 g/mol. The Balaban J connectivity index is 3.06. The van der Waals surface area contributed by atoms with Gasteiger partial charge in [-0.2, -0.15) is 5.26 Å². The molecule has 0 rings (SSSR count). The molecule has 0 spiro atoms. The summed E-state index contributed by atoms with van der Waals surface area (Å²) in [7, 11) is 0. The molecule has 0 aliphatic carbocycles. The minimum Gasteiger partial charge on any atom is -0.327 e. The van der Waals surface area contributed by atoms with E-state index in [-0.39, 0.29) is 6.04 Å². The zero-order valence-corrected chi connectivity index (χ0v) is 6.64. The first-order valence-corrected chi connectivity index (χ1v) is 3.93. The molecule has 1 atom stereocenters. The van der Waals surface area contributed by atoms with Crippen molar-refractivity contribution in [2.24, 2.45) is 5.73 Å². The lowest BCUT2D eigenvalue weighted by atomic mass is 10.1. The summed E-state index contributed by atoms with van der Waals surface area (Å²) < 4.78 is 0. The molecule has 0 saturated heterocycles. The molecule has 0 radical (unpaired) electrons. The first-order chi connectivity index (χ1) is 4.81. The van der Waals surface area contributed by atoms with Crippen LogP contribution in [0.25, 0.3) is 0 Å². The van der Waals surface area contributed by atoms with Gasteiger partial charge in [0.1, 0.15) is 0 Å². The van der Waals surface area contributed by atoms with Gasteiger partial charge in [-0.1, -0.05) is 26.2 Å². The van der Waals surface area contributed by atoms with E-state index in [9.17, 15) is 0 Å². The summed E-state index contributed by atoms with van der Waals surface area (Å²) in [6.07, 6.45) is 5.13. The summed E-state index contributed by atoms with van der Waals surface area (Å²) in [5.74, 6) is 0. The van der Waals surface area contributed by atoms with Crippen molar-refractivity contribution in [1.29, 1.82) is 5.26 Å². The van der Waals surface area contributed by atoms with E-state index in [4.69, 9.17) is 11.0 Å². The fourth-order valence-corrected chi connectivity index (χ4v) is 0.876. The second-order valence-corrected chi connectivity index (χ2v) is 2.62. The van der Waals surface area contributed by atoms with E-state index in [1.54, 1.807) is 0 Å². The molecule has 0 unspecified atom stereocenters. The van der Waals surface area contributed by atoms with Gasteiger partial charge in [0, 0.05) is 6.04 Å². The van der Waals surface area contributed by atoms with Crippen molar-refractivity contribution in [2.75, 3.05) is 0 Å². The highest BCUT2D eigenvalue weighted by Crippen LogP contribution is 2.03. The average molecular weight is 140 g/mol. The molecule has 58 valence electrons. The number of hydrogen-bond donors (Lipinski definition) is 1. The first kappa shape index (κ1) is 9.45. The van der Waals surface area contributed by atoms with Gasteiger partial charge >= 0.3 is 0 Å². The van der Waals surface area contributed by atoms with E-state index in [2.05, 4.69) is 13.0 Å². The summed E-state index contributed by atoms with van der Waals surface area (Å²) in [6, 6.07) is 2.18. The van der Waals surface area contributed by atoms with E-state index < -0.39 is 0 Å². The molecule has 0 heterocycles. The predicted octanol–water partition coefficient (Wildman–Crippen LogP) is 1.81. The zero-order valence-electron chi connectivity index (χ0n) is 6.64. The zero-order chi connectivity index (χ0) is 7.82. The van der Waals surface area contributed by atoms with Crippen molar-refractivity contribution in [3.8, 4) is 6.07 Å². The van der Waals surface area contributed by atoms with Gasteiger partial charge in [0.25, 0.3) is 0 Å². The molecule has 2 heteroatoms. The van der Waals surface area contributed by atoms with Crippen LogP contribution in [-0.4, -0.2) is 6.04 Å². The van der Waals surface area contributed by atoms with Crippen LogP contribution < -0.4 is 5.73 Å². The third kappa shape index (κ3) is 5.58. The highest BCUT2D eigenvalue weighted by atomic mass is 14.6. The highest BCUT2D eigenvalue weighted by molar-refractivity contribution is 4.77. The van der Waals surface area contributed by atoms with Gasteiger partial charge in [0.05, 0.1) is 12.5 Å². The van der Waals surface area contributed by atoms with Crippen molar-refractivity contribution < 1.29 is 0 Å². The van der Waals surface area contributed by atoms with E-state index in [1.807, 2.05) is 0 Å². The summed E-state index contributed by atoms with van der Waals surface area (Å²) in [4.78, 5) is 0. The van der Waals surface area contributed by atoms with E-state index in [0.29, 0.717) is 6.42 Å². The third-order valence-corrected chi connectivity index (χ3v) is 1.53. The lowest BCUT2D eigenvalue weighted by Gasteiger charge is -2.04. The van der Waals surface area contributed by atoms with Crippen LogP contribution in [-0.2, 0) is 0 Å². The number of nitriles is 1. The van der Waals surface area contributed by atoms with Gasteiger partial charge in [-0.25, -0.2) is 0 Å². The number of hydrogen-bond acceptors (Lipinski definition) is 2. The van der Waals surface area contributed by atoms with Gasteiger partial charge in [-0.3, -0.25) is 0 Å². The Labute approximate surface area is 63.0 Å². The predicted molar refractivity (Wildman–Crippen MR) is 42.3 cm³/mol. The van der Waals surface area contributed by atoms with Gasteiger partial charge < -0.3 is 5.73 Å². The SMILES string of the molecule is CCCCC[C@@H](N)CC#N. The summed E-state index contributed by atoms with van der Waals surface area (Å²) >= 11 is 0. The van der Waals surface area contributed by atoms with Crippen molar-refractivity contribution >= 4 is 0 Å². The molecule has 0 aromatic rings. The number of nitrogens with two attached hydrogens (primary N) is 1. The Kier molecular flexibility index (Phi) is 6.21. The Morgan fingerprint density at radius 1 is 1.50 bits per heavy atom. The number of unbranched alkanes of at least 4 members (excludes halogenated alkanes) is 2. The lowest BCUT2D eigenvalue weighted by molar-refractivity contribution is 0.567. The third-order valence-electron chi connectivity index (χ3n) is 1.53. The molecule has 0 amide bonds. The maximum absolute atomic E-state index is 8.26. The molecule has 0 aliphatic rings. The lowest BCUT2D eigenvalue weighted by Crippen LogP contribution is -2.18. The van der Waals surface area contributed by atoms with Crippen LogP contribution in [0.1, 0.15) is 39.0 Å². The smallest absolute Gasteiger partial charge is 0.0638 e.